The molecule has 0 aromatic heterocycles. The molecule has 0 aliphatic heterocycles. The van der Waals surface area contributed by atoms with Gasteiger partial charge in [-0.25, -0.2) is 4.79 Å². The van der Waals surface area contributed by atoms with Crippen LogP contribution < -0.4 is 5.32 Å². The monoisotopic (exact) mass is 200 g/mol. The van der Waals surface area contributed by atoms with E-state index < -0.39 is 22.5 Å². The number of hydrogen-bond acceptors (Lipinski definition) is 3. The molecule has 0 radical (unpaired) electrons. The number of nitrogens with zero attached hydrogens (tertiary/aromatic N) is 1. The van der Waals surface area contributed by atoms with E-state index in [-0.39, 0.29) is 5.69 Å². The first-order valence-electron chi connectivity index (χ1n) is 3.44. The van der Waals surface area contributed by atoms with E-state index in [2.05, 4.69) is 0 Å². The zero-order valence-corrected chi connectivity index (χ0v) is 6.73. The average molecular weight is 200 g/mol. The molecule has 1 aromatic rings. The molecule has 14 heavy (non-hydrogen) atoms. The highest BCUT2D eigenvalue weighted by Gasteiger charge is 2.14. The lowest BCUT2D eigenvalue weighted by molar-refractivity contribution is -0.387. The fourth-order valence-electron chi connectivity index (χ4n) is 0.854. The van der Waals surface area contributed by atoms with E-state index in [4.69, 9.17) is 5.11 Å². The number of carbonyl (C=O) groups is 1. The second-order valence-corrected chi connectivity index (χ2v) is 2.35. The van der Waals surface area contributed by atoms with Crippen LogP contribution in [-0.2, 0) is 0 Å². The fraction of sp³-hybridized carbons (Fsp3) is 0. The molecule has 0 spiro atoms. The van der Waals surface area contributed by atoms with Gasteiger partial charge in [-0.2, -0.15) is 4.39 Å². The number of rotatable bonds is 2. The molecule has 0 fully saturated rings. The lowest BCUT2D eigenvalue weighted by Crippen LogP contribution is -2.07. The predicted octanol–water partition coefficient (Wildman–Crippen LogP) is 1.82. The Kier molecular flexibility index (Phi) is 2.61. The Morgan fingerprint density at radius 1 is 1.57 bits per heavy atom. The van der Waals surface area contributed by atoms with E-state index in [0.717, 1.165) is 18.2 Å². The lowest BCUT2D eigenvalue weighted by atomic mass is 10.2. The van der Waals surface area contributed by atoms with Gasteiger partial charge < -0.3 is 5.11 Å². The molecule has 0 aliphatic rings. The van der Waals surface area contributed by atoms with E-state index in [1.807, 2.05) is 5.32 Å². The minimum absolute atomic E-state index is 0.0504. The van der Waals surface area contributed by atoms with Crippen molar-refractivity contribution in [2.75, 3.05) is 5.32 Å². The minimum Gasteiger partial charge on any atom is -0.465 e. The quantitative estimate of drug-likeness (QED) is 0.562. The van der Waals surface area contributed by atoms with Crippen molar-refractivity contribution in [3.8, 4) is 0 Å². The van der Waals surface area contributed by atoms with Gasteiger partial charge in [-0.15, -0.1) is 0 Å². The summed E-state index contributed by atoms with van der Waals surface area (Å²) in [6.07, 6.45) is -1.37. The van der Waals surface area contributed by atoms with Gasteiger partial charge in [-0.1, -0.05) is 0 Å². The summed E-state index contributed by atoms with van der Waals surface area (Å²) < 4.78 is 12.7. The molecular formula is C7H5FN2O4. The highest BCUT2D eigenvalue weighted by molar-refractivity contribution is 5.83. The fourth-order valence-corrected chi connectivity index (χ4v) is 0.854. The summed E-state index contributed by atoms with van der Waals surface area (Å²) in [4.78, 5) is 19.5. The van der Waals surface area contributed by atoms with Gasteiger partial charge in [0.15, 0.2) is 0 Å². The van der Waals surface area contributed by atoms with Crippen molar-refractivity contribution in [2.45, 2.75) is 0 Å². The van der Waals surface area contributed by atoms with Gasteiger partial charge in [0.05, 0.1) is 10.6 Å². The maximum atomic E-state index is 12.7. The van der Waals surface area contributed by atoms with Gasteiger partial charge in [-0.3, -0.25) is 15.4 Å². The van der Waals surface area contributed by atoms with Gasteiger partial charge in [-0.05, 0) is 12.1 Å². The number of halogens is 1. The topological polar surface area (TPSA) is 92.5 Å². The summed E-state index contributed by atoms with van der Waals surface area (Å²) in [6, 6.07) is 2.73. The Bertz CT molecular complexity index is 393. The Morgan fingerprint density at radius 3 is 2.71 bits per heavy atom. The summed E-state index contributed by atoms with van der Waals surface area (Å²) in [5, 5.41) is 20.4. The maximum Gasteiger partial charge on any atom is 0.409 e. The van der Waals surface area contributed by atoms with E-state index in [1.54, 1.807) is 0 Å². The van der Waals surface area contributed by atoms with Crippen molar-refractivity contribution < 1.29 is 19.2 Å². The van der Waals surface area contributed by atoms with Crippen LogP contribution in [0.4, 0.5) is 20.6 Å². The molecule has 0 aliphatic carbocycles. The molecule has 0 heterocycles. The highest BCUT2D eigenvalue weighted by Crippen LogP contribution is 2.21. The van der Waals surface area contributed by atoms with Crippen molar-refractivity contribution in [3.63, 3.8) is 0 Å². The summed E-state index contributed by atoms with van der Waals surface area (Å²) in [5.74, 6) is -1.01. The molecule has 74 valence electrons. The predicted molar refractivity (Wildman–Crippen MR) is 44.7 cm³/mol. The van der Waals surface area contributed by atoms with Crippen molar-refractivity contribution in [2.24, 2.45) is 0 Å². The van der Waals surface area contributed by atoms with Gasteiger partial charge in [0.1, 0.15) is 0 Å². The number of anilines is 1. The van der Waals surface area contributed by atoms with Crippen molar-refractivity contribution in [1.29, 1.82) is 0 Å². The third kappa shape index (κ3) is 2.16. The van der Waals surface area contributed by atoms with Gasteiger partial charge in [0, 0.05) is 6.07 Å². The largest absolute Gasteiger partial charge is 0.465 e. The van der Waals surface area contributed by atoms with Crippen LogP contribution in [-0.4, -0.2) is 16.1 Å². The third-order valence-corrected chi connectivity index (χ3v) is 1.39. The molecule has 6 nitrogen and oxygen atoms in total. The summed E-state index contributed by atoms with van der Waals surface area (Å²) in [5.41, 5.74) is -0.818. The molecule has 0 bridgehead atoms. The molecule has 1 amide bonds. The lowest BCUT2D eigenvalue weighted by Gasteiger charge is -2.00. The van der Waals surface area contributed by atoms with Gasteiger partial charge >= 0.3 is 11.8 Å². The van der Waals surface area contributed by atoms with Crippen LogP contribution in [0.2, 0.25) is 0 Å². The molecule has 0 unspecified atom stereocenters. The zero-order chi connectivity index (χ0) is 10.7. The Labute approximate surface area is 77.1 Å². The number of amides is 1. The molecule has 0 saturated carbocycles. The molecule has 2 N–H and O–H groups in total. The van der Waals surface area contributed by atoms with E-state index in [0.29, 0.717) is 0 Å². The van der Waals surface area contributed by atoms with Gasteiger partial charge in [0.2, 0.25) is 5.82 Å². The van der Waals surface area contributed by atoms with Crippen LogP contribution >= 0.6 is 0 Å². The van der Waals surface area contributed by atoms with Crippen LogP contribution in [0.1, 0.15) is 0 Å². The maximum absolute atomic E-state index is 12.7. The molecule has 0 saturated heterocycles. The second-order valence-electron chi connectivity index (χ2n) is 2.35. The van der Waals surface area contributed by atoms with Crippen LogP contribution in [0, 0.1) is 15.9 Å². The second kappa shape index (κ2) is 3.69. The van der Waals surface area contributed by atoms with Gasteiger partial charge in [0.25, 0.3) is 0 Å². The van der Waals surface area contributed by atoms with E-state index in [9.17, 15) is 19.3 Å². The van der Waals surface area contributed by atoms with E-state index in [1.165, 1.54) is 0 Å². The van der Waals surface area contributed by atoms with E-state index >= 15 is 0 Å². The van der Waals surface area contributed by atoms with Crippen LogP contribution in [0.15, 0.2) is 18.2 Å². The smallest absolute Gasteiger partial charge is 0.409 e. The first-order valence-corrected chi connectivity index (χ1v) is 3.44. The van der Waals surface area contributed by atoms with Crippen molar-refractivity contribution in [3.05, 3.63) is 34.1 Å². The normalized spacial score (nSPS) is 9.50. The number of benzene rings is 1. The standard InChI is InChI=1S/C7H5FN2O4/c8-5-2-1-4(9-7(11)12)3-6(5)10(13)14/h1-3,9H,(H,11,12). The number of nitrogens with one attached hydrogen (secondary N) is 1. The minimum atomic E-state index is -1.37. The third-order valence-electron chi connectivity index (χ3n) is 1.39. The molecule has 1 rings (SSSR count). The molecular weight excluding hydrogens is 195 g/mol. The van der Waals surface area contributed by atoms with Crippen molar-refractivity contribution >= 4 is 17.5 Å². The average Bonchev–Trinajstić information content (AvgIpc) is 2.07. The SMILES string of the molecule is O=C(O)Nc1ccc(F)c([N+](=O)[O-])c1. The zero-order valence-electron chi connectivity index (χ0n) is 6.73. The van der Waals surface area contributed by atoms with Crippen LogP contribution in [0.5, 0.6) is 0 Å². The van der Waals surface area contributed by atoms with Crippen LogP contribution in [0.25, 0.3) is 0 Å². The number of nitro benzene ring substituents is 1. The number of hydrogen-bond donors (Lipinski definition) is 2. The Morgan fingerprint density at radius 2 is 2.21 bits per heavy atom. The number of nitro groups is 1. The van der Waals surface area contributed by atoms with Crippen LogP contribution in [0.3, 0.4) is 0 Å². The molecule has 7 heteroatoms. The first-order chi connectivity index (χ1) is 6.50. The highest BCUT2D eigenvalue weighted by atomic mass is 19.1. The molecule has 1 aromatic carbocycles. The Hall–Kier alpha value is -2.18. The molecule has 0 atom stereocenters. The van der Waals surface area contributed by atoms with Crippen molar-refractivity contribution in [1.82, 2.24) is 0 Å². The Balaban J connectivity index is 3.06. The number of carboxylic acid groups (broad SMARTS) is 1. The first kappa shape index (κ1) is 9.90. The summed E-state index contributed by atoms with van der Waals surface area (Å²) >= 11 is 0. The summed E-state index contributed by atoms with van der Waals surface area (Å²) in [7, 11) is 0. The summed E-state index contributed by atoms with van der Waals surface area (Å²) in [6.45, 7) is 0.